The minimum absolute atomic E-state index is 0.00132. The van der Waals surface area contributed by atoms with Crippen LogP contribution in [0.15, 0.2) is 91.0 Å². The Balaban J connectivity index is 1.02. The maximum absolute atomic E-state index is 14.3. The number of nitrogens with zero attached hydrogens (tertiary/aromatic N) is 3. The van der Waals surface area contributed by atoms with Crippen molar-refractivity contribution in [2.75, 3.05) is 18.4 Å². The summed E-state index contributed by atoms with van der Waals surface area (Å²) in [6.07, 6.45) is 4.00. The summed E-state index contributed by atoms with van der Waals surface area (Å²) in [5.74, 6) is -0.331. The molecule has 12 heteroatoms. The molecule has 5 N–H and O–H groups in total. The number of aromatic nitrogens is 2. The average molecular weight is 713 g/mol. The number of nitrogens with two attached hydrogens (primary N) is 1. The van der Waals surface area contributed by atoms with E-state index in [1.54, 1.807) is 41.3 Å². The first-order chi connectivity index (χ1) is 24.7. The van der Waals surface area contributed by atoms with E-state index in [0.717, 1.165) is 31.2 Å². The van der Waals surface area contributed by atoms with Crippen LogP contribution in [0.25, 0.3) is 11.3 Å². The lowest BCUT2D eigenvalue weighted by atomic mass is 10.0. The van der Waals surface area contributed by atoms with Crippen LogP contribution in [0, 0.1) is 11.6 Å². The highest BCUT2D eigenvalue weighted by molar-refractivity contribution is 6.30. The second kappa shape index (κ2) is 16.2. The van der Waals surface area contributed by atoms with Gasteiger partial charge in [0, 0.05) is 30.9 Å². The lowest BCUT2D eigenvalue weighted by molar-refractivity contribution is -0.134. The molecule has 51 heavy (non-hydrogen) atoms. The lowest BCUT2D eigenvalue weighted by Crippen LogP contribution is -2.47. The van der Waals surface area contributed by atoms with E-state index in [0.29, 0.717) is 54.6 Å². The number of amides is 2. The normalized spacial score (nSPS) is 13.1. The van der Waals surface area contributed by atoms with Crippen LogP contribution in [-0.2, 0) is 30.7 Å². The molecule has 0 fully saturated rings. The van der Waals surface area contributed by atoms with Crippen molar-refractivity contribution in [2.24, 2.45) is 5.73 Å². The first-order valence-electron chi connectivity index (χ1n) is 16.9. The van der Waals surface area contributed by atoms with Crippen LogP contribution in [-0.4, -0.2) is 50.5 Å². The number of carbonyl (C=O) groups excluding carboxylic acids is 2. The second-order valence-corrected chi connectivity index (χ2v) is 13.0. The molecule has 1 aliphatic heterocycles. The van der Waals surface area contributed by atoms with E-state index in [9.17, 15) is 23.5 Å². The summed E-state index contributed by atoms with van der Waals surface area (Å²) in [4.78, 5) is 32.2. The van der Waals surface area contributed by atoms with E-state index < -0.39 is 17.7 Å². The zero-order chi connectivity index (χ0) is 35.9. The monoisotopic (exact) mass is 712 g/mol. The van der Waals surface area contributed by atoms with Gasteiger partial charge in [0.2, 0.25) is 5.91 Å². The molecule has 2 amide bonds. The molecular formula is C39H39ClF2N6O3. The molecule has 0 saturated carbocycles. The van der Waals surface area contributed by atoms with Crippen LogP contribution < -0.4 is 16.4 Å². The van der Waals surface area contributed by atoms with Gasteiger partial charge in [0.15, 0.2) is 0 Å². The lowest BCUT2D eigenvalue weighted by Gasteiger charge is -2.30. The van der Waals surface area contributed by atoms with E-state index >= 15 is 0 Å². The van der Waals surface area contributed by atoms with E-state index in [1.165, 1.54) is 35.9 Å². The van der Waals surface area contributed by atoms with Crippen molar-refractivity contribution >= 4 is 34.9 Å². The van der Waals surface area contributed by atoms with Crippen LogP contribution >= 0.6 is 11.6 Å². The SMILES string of the molecule is N[C@@H](Cc1ccc(CCCCCNC(=O)c2ccccc2O)cc1)C(=O)N1CCn2c(nc(-c3cccc(F)c3)c2Nc2ccc(Cl)c(F)c2)C1. The largest absolute Gasteiger partial charge is 0.507 e. The van der Waals surface area contributed by atoms with Crippen LogP contribution in [0.4, 0.5) is 20.3 Å². The van der Waals surface area contributed by atoms with Crippen molar-refractivity contribution in [3.05, 3.63) is 130 Å². The fourth-order valence-corrected chi connectivity index (χ4v) is 6.32. The molecule has 1 aromatic heterocycles. The van der Waals surface area contributed by atoms with E-state index in [-0.39, 0.29) is 34.7 Å². The summed E-state index contributed by atoms with van der Waals surface area (Å²) in [6, 6.07) is 24.3. The zero-order valence-corrected chi connectivity index (χ0v) is 28.7. The number of para-hydroxylation sites is 1. The molecule has 4 aromatic carbocycles. The minimum atomic E-state index is -0.748. The number of benzene rings is 4. The number of imidazole rings is 1. The first-order valence-corrected chi connectivity index (χ1v) is 17.3. The van der Waals surface area contributed by atoms with Crippen molar-refractivity contribution in [1.29, 1.82) is 0 Å². The van der Waals surface area contributed by atoms with E-state index in [1.807, 2.05) is 16.7 Å². The van der Waals surface area contributed by atoms with Gasteiger partial charge in [-0.1, -0.05) is 66.6 Å². The summed E-state index contributed by atoms with van der Waals surface area (Å²) in [6.45, 7) is 1.54. The van der Waals surface area contributed by atoms with Gasteiger partial charge in [0.1, 0.15) is 34.7 Å². The number of carbonyl (C=O) groups is 2. The predicted molar refractivity (Wildman–Crippen MR) is 194 cm³/mol. The van der Waals surface area contributed by atoms with E-state index in [2.05, 4.69) is 22.8 Å². The van der Waals surface area contributed by atoms with Gasteiger partial charge in [-0.3, -0.25) is 9.59 Å². The number of fused-ring (bicyclic) bond motifs is 1. The Morgan fingerprint density at radius 2 is 1.71 bits per heavy atom. The standard InChI is InChI=1S/C39H39ClF2N6O3/c40-31-17-16-29(23-32(31)42)45-37-36(27-8-6-9-28(41)22-27)46-35-24-47(19-20-48(35)37)39(51)33(43)21-26-14-12-25(13-15-26)7-2-1-5-18-44-38(50)30-10-3-4-11-34(30)49/h3-4,6,8-17,22-23,33,45,49H,1-2,5,7,18-21,24,43H2,(H,44,50)/t33-/m0/s1. The molecule has 0 bridgehead atoms. The van der Waals surface area contributed by atoms with Gasteiger partial charge in [-0.2, -0.15) is 0 Å². The molecule has 2 heterocycles. The third kappa shape index (κ3) is 8.73. The van der Waals surface area contributed by atoms with Gasteiger partial charge in [0.05, 0.1) is 23.2 Å². The Bertz CT molecular complexity index is 2020. The molecule has 0 spiro atoms. The van der Waals surface area contributed by atoms with Crippen LogP contribution in [0.1, 0.15) is 46.6 Å². The zero-order valence-electron chi connectivity index (χ0n) is 27.9. The van der Waals surface area contributed by atoms with Crippen molar-refractivity contribution in [1.82, 2.24) is 19.8 Å². The highest BCUT2D eigenvalue weighted by atomic mass is 35.5. The van der Waals surface area contributed by atoms with Gasteiger partial charge >= 0.3 is 0 Å². The Morgan fingerprint density at radius 1 is 0.922 bits per heavy atom. The van der Waals surface area contributed by atoms with Crippen molar-refractivity contribution < 1.29 is 23.5 Å². The number of hydrogen-bond donors (Lipinski definition) is 4. The molecule has 0 aliphatic carbocycles. The van der Waals surface area contributed by atoms with Gasteiger partial charge in [0.25, 0.3) is 5.91 Å². The number of unbranched alkanes of at least 4 members (excludes halogenated alkanes) is 2. The third-order valence-corrected chi connectivity index (χ3v) is 9.24. The highest BCUT2D eigenvalue weighted by Gasteiger charge is 2.29. The topological polar surface area (TPSA) is 126 Å². The molecule has 5 aromatic rings. The number of hydrogen-bond acceptors (Lipinski definition) is 6. The number of phenols is 1. The van der Waals surface area contributed by atoms with Crippen LogP contribution in [0.3, 0.4) is 0 Å². The average Bonchev–Trinajstić information content (AvgIpc) is 3.49. The van der Waals surface area contributed by atoms with Gasteiger partial charge in [-0.25, -0.2) is 13.8 Å². The Hall–Kier alpha value is -5.26. The Kier molecular flexibility index (Phi) is 11.3. The molecule has 0 saturated heterocycles. The number of phenolic OH excluding ortho intramolecular Hbond substituents is 1. The van der Waals surface area contributed by atoms with Crippen molar-refractivity contribution in [3.8, 4) is 17.0 Å². The summed E-state index contributed by atoms with van der Waals surface area (Å²) >= 11 is 5.88. The number of halogens is 3. The molecular weight excluding hydrogens is 674 g/mol. The van der Waals surface area contributed by atoms with Crippen molar-refractivity contribution in [3.63, 3.8) is 0 Å². The number of rotatable bonds is 13. The quantitative estimate of drug-likeness (QED) is 0.0977. The number of anilines is 2. The minimum Gasteiger partial charge on any atom is -0.507 e. The Labute approximate surface area is 300 Å². The second-order valence-electron chi connectivity index (χ2n) is 12.6. The van der Waals surface area contributed by atoms with E-state index in [4.69, 9.17) is 22.3 Å². The van der Waals surface area contributed by atoms with Gasteiger partial charge < -0.3 is 30.9 Å². The number of nitrogens with one attached hydrogen (secondary N) is 2. The predicted octanol–water partition coefficient (Wildman–Crippen LogP) is 6.99. The highest BCUT2D eigenvalue weighted by Crippen LogP contribution is 2.34. The van der Waals surface area contributed by atoms with Crippen LogP contribution in [0.2, 0.25) is 5.02 Å². The molecule has 264 valence electrons. The number of aryl methyl sites for hydroxylation is 1. The van der Waals surface area contributed by atoms with Crippen molar-refractivity contribution in [2.45, 2.75) is 51.2 Å². The molecule has 1 aliphatic rings. The maximum Gasteiger partial charge on any atom is 0.255 e. The summed E-state index contributed by atoms with van der Waals surface area (Å²) in [5.41, 5.74) is 10.3. The Morgan fingerprint density at radius 3 is 2.47 bits per heavy atom. The maximum atomic E-state index is 14.3. The van der Waals surface area contributed by atoms with Gasteiger partial charge in [-0.05, 0) is 79.3 Å². The summed E-state index contributed by atoms with van der Waals surface area (Å²) in [7, 11) is 0. The van der Waals surface area contributed by atoms with Gasteiger partial charge in [-0.15, -0.1) is 0 Å². The third-order valence-electron chi connectivity index (χ3n) is 8.94. The molecule has 0 unspecified atom stereocenters. The fraction of sp³-hybridized carbons (Fsp3) is 0.256. The molecule has 1 atom stereocenters. The first kappa shape index (κ1) is 35.6. The summed E-state index contributed by atoms with van der Waals surface area (Å²) in [5, 5.41) is 15.9. The smallest absolute Gasteiger partial charge is 0.255 e. The molecule has 6 rings (SSSR count). The van der Waals surface area contributed by atoms with Crippen LogP contribution in [0.5, 0.6) is 5.75 Å². The number of aromatic hydroxyl groups is 1. The fourth-order valence-electron chi connectivity index (χ4n) is 6.21. The molecule has 9 nitrogen and oxygen atoms in total. The summed E-state index contributed by atoms with van der Waals surface area (Å²) < 4.78 is 30.4. The molecule has 0 radical (unpaired) electrons.